The highest BCUT2D eigenvalue weighted by Gasteiger charge is 2.18. The van der Waals surface area contributed by atoms with Crippen molar-refractivity contribution >= 4 is 23.3 Å². The molecule has 31 heavy (non-hydrogen) atoms. The third-order valence-corrected chi connectivity index (χ3v) is 4.59. The van der Waals surface area contributed by atoms with Crippen LogP contribution >= 0.6 is 0 Å². The first-order valence-corrected chi connectivity index (χ1v) is 9.87. The quantitative estimate of drug-likeness (QED) is 0.518. The van der Waals surface area contributed by atoms with E-state index in [1.54, 1.807) is 6.07 Å². The summed E-state index contributed by atoms with van der Waals surface area (Å²) < 4.78 is 26.5. The zero-order valence-corrected chi connectivity index (χ0v) is 17.1. The van der Waals surface area contributed by atoms with Gasteiger partial charge < -0.3 is 15.5 Å². The van der Waals surface area contributed by atoms with Gasteiger partial charge in [-0.25, -0.2) is 13.6 Å². The fourth-order valence-corrected chi connectivity index (χ4v) is 3.05. The van der Waals surface area contributed by atoms with Gasteiger partial charge in [0, 0.05) is 30.0 Å². The Labute approximate surface area is 179 Å². The topological polar surface area (TPSA) is 61.4 Å². The van der Waals surface area contributed by atoms with Gasteiger partial charge in [0.1, 0.15) is 11.6 Å². The minimum Gasteiger partial charge on any atom is -0.338 e. The van der Waals surface area contributed by atoms with Crippen LogP contribution in [0.15, 0.2) is 72.8 Å². The number of hydrogen-bond acceptors (Lipinski definition) is 2. The maximum Gasteiger partial charge on any atom is 0.319 e. The van der Waals surface area contributed by atoms with Crippen molar-refractivity contribution < 1.29 is 18.4 Å². The highest BCUT2D eigenvalue weighted by Crippen LogP contribution is 2.19. The van der Waals surface area contributed by atoms with Crippen LogP contribution < -0.4 is 15.5 Å². The summed E-state index contributed by atoms with van der Waals surface area (Å²) in [5.74, 6) is -1.18. The van der Waals surface area contributed by atoms with E-state index in [9.17, 15) is 18.4 Å². The Morgan fingerprint density at radius 2 is 1.55 bits per heavy atom. The van der Waals surface area contributed by atoms with Crippen molar-refractivity contribution in [1.29, 1.82) is 0 Å². The molecule has 3 rings (SSSR count). The average Bonchev–Trinajstić information content (AvgIpc) is 2.75. The number of urea groups is 1. The molecule has 0 aliphatic heterocycles. The van der Waals surface area contributed by atoms with Crippen molar-refractivity contribution in [3.05, 3.63) is 95.6 Å². The molecule has 2 N–H and O–H groups in total. The van der Waals surface area contributed by atoms with Gasteiger partial charge in [0.05, 0.1) is 0 Å². The van der Waals surface area contributed by atoms with Gasteiger partial charge >= 0.3 is 6.03 Å². The van der Waals surface area contributed by atoms with Gasteiger partial charge in [0.2, 0.25) is 0 Å². The van der Waals surface area contributed by atoms with Crippen LogP contribution in [0.1, 0.15) is 22.3 Å². The number of rotatable bonds is 7. The molecule has 0 bridgehead atoms. The number of benzene rings is 3. The molecule has 0 unspecified atom stereocenters. The minimum absolute atomic E-state index is 0.284. The lowest BCUT2D eigenvalue weighted by Crippen LogP contribution is -2.35. The van der Waals surface area contributed by atoms with E-state index in [4.69, 9.17) is 0 Å². The first kappa shape index (κ1) is 22.0. The standard InChI is InChI=1S/C24H23F2N3O2/c1-17-4-2-5-21(16-17)28-24(31)27-14-3-15-29(22-12-10-20(26)11-13-22)23(30)18-6-8-19(25)9-7-18/h2,4-13,16H,3,14-15H2,1H3,(H2,27,28,31). The van der Waals surface area contributed by atoms with Gasteiger partial charge in [-0.15, -0.1) is 0 Å². The number of halogens is 2. The van der Waals surface area contributed by atoms with E-state index in [0.717, 1.165) is 5.56 Å². The Hall–Kier alpha value is -3.74. The van der Waals surface area contributed by atoms with Crippen LogP contribution in [-0.2, 0) is 0 Å². The summed E-state index contributed by atoms with van der Waals surface area (Å²) in [7, 11) is 0. The molecule has 0 aliphatic carbocycles. The lowest BCUT2D eigenvalue weighted by Gasteiger charge is -2.23. The van der Waals surface area contributed by atoms with Gasteiger partial charge in [-0.3, -0.25) is 4.79 Å². The van der Waals surface area contributed by atoms with E-state index in [1.807, 2.05) is 25.1 Å². The predicted octanol–water partition coefficient (Wildman–Crippen LogP) is 5.13. The molecule has 0 aromatic heterocycles. The number of anilines is 2. The Kier molecular flexibility index (Phi) is 7.32. The number of aryl methyl sites for hydroxylation is 1. The maximum absolute atomic E-state index is 13.3. The van der Waals surface area contributed by atoms with Crippen molar-refractivity contribution in [2.75, 3.05) is 23.3 Å². The Morgan fingerprint density at radius 3 is 2.19 bits per heavy atom. The number of carbonyl (C=O) groups excluding carboxylic acids is 2. The third-order valence-electron chi connectivity index (χ3n) is 4.59. The molecule has 0 radical (unpaired) electrons. The maximum atomic E-state index is 13.3. The third kappa shape index (κ3) is 6.37. The van der Waals surface area contributed by atoms with E-state index in [-0.39, 0.29) is 18.5 Å². The molecule has 0 spiro atoms. The molecule has 3 amide bonds. The van der Waals surface area contributed by atoms with Crippen LogP contribution in [0.4, 0.5) is 25.0 Å². The largest absolute Gasteiger partial charge is 0.338 e. The monoisotopic (exact) mass is 423 g/mol. The molecule has 0 heterocycles. The number of hydrogen-bond donors (Lipinski definition) is 2. The molecule has 5 nitrogen and oxygen atoms in total. The summed E-state index contributed by atoms with van der Waals surface area (Å²) in [6.45, 7) is 2.55. The van der Waals surface area contributed by atoms with Crippen molar-refractivity contribution in [3.8, 4) is 0 Å². The second kappa shape index (κ2) is 10.3. The van der Waals surface area contributed by atoms with Crippen molar-refractivity contribution in [2.24, 2.45) is 0 Å². The van der Waals surface area contributed by atoms with E-state index in [0.29, 0.717) is 29.9 Å². The van der Waals surface area contributed by atoms with E-state index < -0.39 is 11.6 Å². The first-order valence-electron chi connectivity index (χ1n) is 9.87. The minimum atomic E-state index is -0.436. The van der Waals surface area contributed by atoms with Crippen molar-refractivity contribution in [3.63, 3.8) is 0 Å². The van der Waals surface area contributed by atoms with Gasteiger partial charge in [-0.1, -0.05) is 12.1 Å². The number of amides is 3. The summed E-state index contributed by atoms with van der Waals surface area (Å²) in [6, 6.07) is 17.9. The lowest BCUT2D eigenvalue weighted by atomic mass is 10.1. The van der Waals surface area contributed by atoms with E-state index in [2.05, 4.69) is 10.6 Å². The second-order valence-electron chi connectivity index (χ2n) is 7.04. The summed E-state index contributed by atoms with van der Waals surface area (Å²) in [6.07, 6.45) is 0.464. The highest BCUT2D eigenvalue weighted by molar-refractivity contribution is 6.06. The Balaban J connectivity index is 1.60. The van der Waals surface area contributed by atoms with Gasteiger partial charge in [-0.05, 0) is 79.6 Å². The summed E-state index contributed by atoms with van der Waals surface area (Å²) in [5.41, 5.74) is 2.56. The van der Waals surface area contributed by atoms with Crippen molar-refractivity contribution in [1.82, 2.24) is 5.32 Å². The zero-order chi connectivity index (χ0) is 22.2. The summed E-state index contributed by atoms with van der Waals surface area (Å²) in [4.78, 5) is 26.5. The number of nitrogens with one attached hydrogen (secondary N) is 2. The predicted molar refractivity (Wildman–Crippen MR) is 117 cm³/mol. The van der Waals surface area contributed by atoms with Crippen molar-refractivity contribution in [2.45, 2.75) is 13.3 Å². The zero-order valence-electron chi connectivity index (χ0n) is 17.1. The van der Waals surface area contributed by atoms with Crippen LogP contribution in [0, 0.1) is 18.6 Å². The van der Waals surface area contributed by atoms with Crippen LogP contribution in [0.5, 0.6) is 0 Å². The average molecular weight is 423 g/mol. The van der Waals surface area contributed by atoms with Gasteiger partial charge in [0.15, 0.2) is 0 Å². The molecular weight excluding hydrogens is 400 g/mol. The SMILES string of the molecule is Cc1cccc(NC(=O)NCCCN(C(=O)c2ccc(F)cc2)c2ccc(F)cc2)c1. The molecule has 3 aromatic rings. The molecule has 0 aliphatic rings. The molecule has 0 atom stereocenters. The van der Waals surface area contributed by atoms with Gasteiger partial charge in [0.25, 0.3) is 5.91 Å². The van der Waals surface area contributed by atoms with E-state index in [1.165, 1.54) is 53.4 Å². The molecule has 0 fully saturated rings. The second-order valence-corrected chi connectivity index (χ2v) is 7.04. The van der Waals surface area contributed by atoms with Crippen LogP contribution in [0.25, 0.3) is 0 Å². The Morgan fingerprint density at radius 1 is 0.903 bits per heavy atom. The van der Waals surface area contributed by atoms with Crippen LogP contribution in [0.2, 0.25) is 0 Å². The van der Waals surface area contributed by atoms with Gasteiger partial charge in [-0.2, -0.15) is 0 Å². The molecular formula is C24H23F2N3O2. The number of nitrogens with zero attached hydrogens (tertiary/aromatic N) is 1. The van der Waals surface area contributed by atoms with E-state index >= 15 is 0 Å². The van der Waals surface area contributed by atoms with Crippen LogP contribution in [-0.4, -0.2) is 25.0 Å². The summed E-state index contributed by atoms with van der Waals surface area (Å²) >= 11 is 0. The molecule has 3 aromatic carbocycles. The smallest absolute Gasteiger partial charge is 0.319 e. The fraction of sp³-hybridized carbons (Fsp3) is 0.167. The summed E-state index contributed by atoms with van der Waals surface area (Å²) in [5, 5.41) is 5.51. The molecule has 160 valence electrons. The molecule has 7 heteroatoms. The Bertz CT molecular complexity index is 1040. The highest BCUT2D eigenvalue weighted by atomic mass is 19.1. The van der Waals surface area contributed by atoms with Crippen LogP contribution in [0.3, 0.4) is 0 Å². The normalized spacial score (nSPS) is 10.4. The molecule has 0 saturated carbocycles. The lowest BCUT2D eigenvalue weighted by molar-refractivity contribution is 0.0986. The fourth-order valence-electron chi connectivity index (χ4n) is 3.05. The first-order chi connectivity index (χ1) is 14.9. The molecule has 0 saturated heterocycles. The number of carbonyl (C=O) groups is 2.